The molecule has 0 amide bonds. The normalized spacial score (nSPS) is 17.0. The van der Waals surface area contributed by atoms with Crippen LogP contribution < -0.4 is 4.90 Å². The van der Waals surface area contributed by atoms with Crippen molar-refractivity contribution in [3.63, 3.8) is 0 Å². The van der Waals surface area contributed by atoms with Crippen molar-refractivity contribution in [3.05, 3.63) is 18.2 Å². The van der Waals surface area contributed by atoms with Gasteiger partial charge in [-0.25, -0.2) is 0 Å². The molecule has 0 radical (unpaired) electrons. The molecule has 1 aromatic carbocycles. The minimum Gasteiger partial charge on any atom is -0.504 e. The average Bonchev–Trinajstić information content (AvgIpc) is 2.23. The predicted molar refractivity (Wildman–Crippen MR) is 52.8 cm³/mol. The van der Waals surface area contributed by atoms with Crippen LogP contribution in [0.15, 0.2) is 18.2 Å². The van der Waals surface area contributed by atoms with Gasteiger partial charge in [-0.2, -0.15) is 0 Å². The maximum Gasteiger partial charge on any atom is 0.159 e. The number of anilines is 1. The molecule has 4 nitrogen and oxygen atoms in total. The van der Waals surface area contributed by atoms with Crippen molar-refractivity contribution in [2.45, 2.75) is 0 Å². The van der Waals surface area contributed by atoms with E-state index in [1.54, 1.807) is 12.1 Å². The zero-order valence-electron chi connectivity index (χ0n) is 7.81. The summed E-state index contributed by atoms with van der Waals surface area (Å²) in [6.07, 6.45) is 0. The van der Waals surface area contributed by atoms with Gasteiger partial charge in [-0.05, 0) is 12.1 Å². The van der Waals surface area contributed by atoms with Crippen LogP contribution in [-0.2, 0) is 4.74 Å². The molecule has 14 heavy (non-hydrogen) atoms. The van der Waals surface area contributed by atoms with Gasteiger partial charge in [-0.15, -0.1) is 0 Å². The van der Waals surface area contributed by atoms with E-state index in [0.717, 1.165) is 18.8 Å². The zero-order chi connectivity index (χ0) is 9.97. The third-order valence-corrected chi connectivity index (χ3v) is 2.34. The maximum absolute atomic E-state index is 9.32. The van der Waals surface area contributed by atoms with Crippen LogP contribution in [0.25, 0.3) is 0 Å². The second-order valence-electron chi connectivity index (χ2n) is 3.27. The summed E-state index contributed by atoms with van der Waals surface area (Å²) in [6.45, 7) is 3.07. The monoisotopic (exact) mass is 195 g/mol. The van der Waals surface area contributed by atoms with Gasteiger partial charge in [0.1, 0.15) is 0 Å². The fourth-order valence-electron chi connectivity index (χ4n) is 1.53. The lowest BCUT2D eigenvalue weighted by Crippen LogP contribution is -2.36. The van der Waals surface area contributed by atoms with Crippen molar-refractivity contribution in [1.82, 2.24) is 0 Å². The number of benzene rings is 1. The summed E-state index contributed by atoms with van der Waals surface area (Å²) in [5, 5.41) is 18.5. The molecule has 0 bridgehead atoms. The van der Waals surface area contributed by atoms with Crippen molar-refractivity contribution < 1.29 is 14.9 Å². The van der Waals surface area contributed by atoms with Crippen molar-refractivity contribution in [1.29, 1.82) is 0 Å². The number of hydrogen-bond acceptors (Lipinski definition) is 4. The molecular weight excluding hydrogens is 182 g/mol. The van der Waals surface area contributed by atoms with E-state index in [9.17, 15) is 5.11 Å². The summed E-state index contributed by atoms with van der Waals surface area (Å²) in [6, 6.07) is 4.86. The van der Waals surface area contributed by atoms with Crippen molar-refractivity contribution in [2.24, 2.45) is 0 Å². The lowest BCUT2D eigenvalue weighted by atomic mass is 10.2. The molecule has 2 rings (SSSR count). The standard InChI is InChI=1S/C10H13NO3/c12-9-2-1-8(7-10(9)13)11-3-5-14-6-4-11/h1-2,7,12-13H,3-6H2. The SMILES string of the molecule is Oc1ccc(N2CCOCC2)cc1O. The molecule has 0 aliphatic carbocycles. The van der Waals surface area contributed by atoms with Gasteiger partial charge in [0, 0.05) is 24.8 Å². The highest BCUT2D eigenvalue weighted by atomic mass is 16.5. The van der Waals surface area contributed by atoms with E-state index >= 15 is 0 Å². The van der Waals surface area contributed by atoms with Crippen LogP contribution in [0.2, 0.25) is 0 Å². The molecule has 1 fully saturated rings. The summed E-state index contributed by atoms with van der Waals surface area (Å²) >= 11 is 0. The van der Waals surface area contributed by atoms with Crippen LogP contribution in [0.4, 0.5) is 5.69 Å². The Morgan fingerprint density at radius 2 is 1.79 bits per heavy atom. The first-order valence-electron chi connectivity index (χ1n) is 4.62. The Kier molecular flexibility index (Phi) is 2.45. The van der Waals surface area contributed by atoms with Gasteiger partial charge in [0.05, 0.1) is 13.2 Å². The predicted octanol–water partition coefficient (Wildman–Crippen LogP) is 0.934. The molecule has 1 heterocycles. The zero-order valence-corrected chi connectivity index (χ0v) is 7.81. The molecule has 1 saturated heterocycles. The third-order valence-electron chi connectivity index (χ3n) is 2.34. The lowest BCUT2D eigenvalue weighted by Gasteiger charge is -2.28. The molecule has 0 unspecified atom stereocenters. The van der Waals surface area contributed by atoms with E-state index in [-0.39, 0.29) is 11.5 Å². The first-order valence-corrected chi connectivity index (χ1v) is 4.62. The Hall–Kier alpha value is -1.42. The van der Waals surface area contributed by atoms with E-state index in [4.69, 9.17) is 9.84 Å². The molecule has 0 aromatic heterocycles. The van der Waals surface area contributed by atoms with E-state index in [2.05, 4.69) is 4.90 Å². The smallest absolute Gasteiger partial charge is 0.159 e. The minimum absolute atomic E-state index is 0.0750. The fourth-order valence-corrected chi connectivity index (χ4v) is 1.53. The van der Waals surface area contributed by atoms with Gasteiger partial charge in [0.2, 0.25) is 0 Å². The Balaban J connectivity index is 2.18. The van der Waals surface area contributed by atoms with Crippen LogP contribution in [0, 0.1) is 0 Å². The Bertz CT molecular complexity index is 321. The quantitative estimate of drug-likeness (QED) is 0.655. The molecule has 1 aliphatic heterocycles. The minimum atomic E-state index is -0.0815. The summed E-state index contributed by atoms with van der Waals surface area (Å²) in [5.74, 6) is -0.156. The second-order valence-corrected chi connectivity index (χ2v) is 3.27. The average molecular weight is 195 g/mol. The molecule has 76 valence electrons. The van der Waals surface area contributed by atoms with E-state index in [0.29, 0.717) is 13.2 Å². The highest BCUT2D eigenvalue weighted by Gasteiger charge is 2.12. The van der Waals surface area contributed by atoms with Crippen LogP contribution in [0.3, 0.4) is 0 Å². The number of phenolic OH excluding ortho intramolecular Hbond substituents is 2. The number of hydrogen-bond donors (Lipinski definition) is 2. The van der Waals surface area contributed by atoms with Crippen LogP contribution in [0.5, 0.6) is 11.5 Å². The molecule has 2 N–H and O–H groups in total. The largest absolute Gasteiger partial charge is 0.504 e. The molecule has 1 aromatic rings. The Labute approximate surface area is 82.3 Å². The molecule has 0 saturated carbocycles. The van der Waals surface area contributed by atoms with Crippen LogP contribution in [0.1, 0.15) is 0 Å². The number of phenols is 2. The van der Waals surface area contributed by atoms with Crippen molar-refractivity contribution >= 4 is 5.69 Å². The van der Waals surface area contributed by atoms with Crippen LogP contribution >= 0.6 is 0 Å². The number of rotatable bonds is 1. The molecular formula is C10H13NO3. The van der Waals surface area contributed by atoms with Gasteiger partial charge >= 0.3 is 0 Å². The third kappa shape index (κ3) is 1.75. The highest BCUT2D eigenvalue weighted by molar-refractivity contribution is 5.55. The molecule has 4 heteroatoms. The topological polar surface area (TPSA) is 52.9 Å². The number of aromatic hydroxyl groups is 2. The van der Waals surface area contributed by atoms with Gasteiger partial charge in [-0.3, -0.25) is 0 Å². The summed E-state index contributed by atoms with van der Waals surface area (Å²) < 4.78 is 5.22. The fraction of sp³-hybridized carbons (Fsp3) is 0.400. The summed E-state index contributed by atoms with van der Waals surface area (Å²) in [7, 11) is 0. The Morgan fingerprint density at radius 3 is 2.43 bits per heavy atom. The second kappa shape index (κ2) is 3.75. The van der Waals surface area contributed by atoms with Gasteiger partial charge in [0.25, 0.3) is 0 Å². The van der Waals surface area contributed by atoms with Crippen molar-refractivity contribution in [2.75, 3.05) is 31.2 Å². The van der Waals surface area contributed by atoms with E-state index < -0.39 is 0 Å². The maximum atomic E-state index is 9.32. The molecule has 1 aliphatic rings. The number of nitrogens with zero attached hydrogens (tertiary/aromatic N) is 1. The molecule has 0 atom stereocenters. The van der Waals surface area contributed by atoms with E-state index in [1.165, 1.54) is 6.07 Å². The highest BCUT2D eigenvalue weighted by Crippen LogP contribution is 2.29. The summed E-state index contributed by atoms with van der Waals surface area (Å²) in [5.41, 5.74) is 0.920. The van der Waals surface area contributed by atoms with E-state index in [1.807, 2.05) is 0 Å². The summed E-state index contributed by atoms with van der Waals surface area (Å²) in [4.78, 5) is 2.11. The lowest BCUT2D eigenvalue weighted by molar-refractivity contribution is 0.122. The van der Waals surface area contributed by atoms with Crippen molar-refractivity contribution in [3.8, 4) is 11.5 Å². The first kappa shape index (κ1) is 9.15. The Morgan fingerprint density at radius 1 is 1.07 bits per heavy atom. The number of morpholine rings is 1. The molecule has 0 spiro atoms. The number of ether oxygens (including phenoxy) is 1. The van der Waals surface area contributed by atoms with Crippen LogP contribution in [-0.4, -0.2) is 36.5 Å². The van der Waals surface area contributed by atoms with Gasteiger partial charge < -0.3 is 19.8 Å². The van der Waals surface area contributed by atoms with Gasteiger partial charge in [-0.1, -0.05) is 0 Å². The van der Waals surface area contributed by atoms with Gasteiger partial charge in [0.15, 0.2) is 11.5 Å². The first-order chi connectivity index (χ1) is 6.77.